The normalized spacial score (nSPS) is 41.6. The van der Waals surface area contributed by atoms with Crippen LogP contribution in [0.25, 0.3) is 0 Å². The van der Waals surface area contributed by atoms with E-state index in [0.717, 1.165) is 38.0 Å². The Balaban J connectivity index is 1.63. The Labute approximate surface area is 104 Å². The van der Waals surface area contributed by atoms with Crippen molar-refractivity contribution in [1.29, 1.82) is 0 Å². The lowest BCUT2D eigenvalue weighted by molar-refractivity contribution is -0.135. The van der Waals surface area contributed by atoms with Gasteiger partial charge in [0, 0.05) is 19.6 Å². The van der Waals surface area contributed by atoms with Crippen LogP contribution in [0.1, 0.15) is 32.6 Å². The van der Waals surface area contributed by atoms with E-state index in [2.05, 4.69) is 17.1 Å². The van der Waals surface area contributed by atoms with Crippen molar-refractivity contribution in [1.82, 2.24) is 10.2 Å². The molecule has 3 fully saturated rings. The Kier molecular flexibility index (Phi) is 3.12. The third kappa shape index (κ3) is 2.10. The largest absolute Gasteiger partial charge is 0.342 e. The van der Waals surface area contributed by atoms with Crippen molar-refractivity contribution in [3.63, 3.8) is 0 Å². The van der Waals surface area contributed by atoms with Crippen LogP contribution in [0.4, 0.5) is 0 Å². The van der Waals surface area contributed by atoms with Gasteiger partial charge in [-0.1, -0.05) is 19.8 Å². The van der Waals surface area contributed by atoms with Crippen LogP contribution in [0, 0.1) is 23.7 Å². The molecule has 0 aromatic carbocycles. The van der Waals surface area contributed by atoms with E-state index in [1.807, 2.05) is 0 Å². The molecule has 3 nitrogen and oxygen atoms in total. The molecule has 17 heavy (non-hydrogen) atoms. The topological polar surface area (TPSA) is 32.3 Å². The van der Waals surface area contributed by atoms with Gasteiger partial charge in [0.1, 0.15) is 0 Å². The monoisotopic (exact) mass is 236 g/mol. The summed E-state index contributed by atoms with van der Waals surface area (Å²) in [7, 11) is 0. The molecule has 0 radical (unpaired) electrons. The quantitative estimate of drug-likeness (QED) is 0.748. The van der Waals surface area contributed by atoms with Crippen LogP contribution >= 0.6 is 0 Å². The van der Waals surface area contributed by atoms with E-state index in [1.165, 1.54) is 25.7 Å². The first-order valence-electron chi connectivity index (χ1n) is 7.25. The number of carbonyl (C=O) groups excluding carboxylic acids is 1. The molecule has 3 aliphatic rings. The maximum absolute atomic E-state index is 12.5. The molecular formula is C14H24N2O. The molecular weight excluding hydrogens is 212 g/mol. The van der Waals surface area contributed by atoms with Crippen LogP contribution in [0.5, 0.6) is 0 Å². The highest BCUT2D eigenvalue weighted by Crippen LogP contribution is 2.37. The minimum absolute atomic E-state index is 0.246. The number of nitrogens with zero attached hydrogens (tertiary/aromatic N) is 1. The fourth-order valence-electron chi connectivity index (χ4n) is 3.96. The van der Waals surface area contributed by atoms with E-state index >= 15 is 0 Å². The van der Waals surface area contributed by atoms with Gasteiger partial charge in [-0.15, -0.1) is 0 Å². The fourth-order valence-corrected chi connectivity index (χ4v) is 3.96. The third-order valence-electron chi connectivity index (χ3n) is 5.12. The zero-order valence-corrected chi connectivity index (χ0v) is 10.8. The lowest BCUT2D eigenvalue weighted by Crippen LogP contribution is -2.37. The summed E-state index contributed by atoms with van der Waals surface area (Å²) in [5, 5.41) is 3.34. The van der Waals surface area contributed by atoms with E-state index in [4.69, 9.17) is 0 Å². The molecule has 2 aliphatic heterocycles. The van der Waals surface area contributed by atoms with Crippen LogP contribution in [0.2, 0.25) is 0 Å². The predicted molar refractivity (Wildman–Crippen MR) is 67.6 cm³/mol. The van der Waals surface area contributed by atoms with Crippen molar-refractivity contribution in [3.8, 4) is 0 Å². The maximum atomic E-state index is 12.5. The van der Waals surface area contributed by atoms with E-state index in [-0.39, 0.29) is 5.92 Å². The first-order valence-corrected chi connectivity index (χ1v) is 7.25. The minimum atomic E-state index is 0.246. The van der Waals surface area contributed by atoms with Crippen molar-refractivity contribution in [2.75, 3.05) is 26.2 Å². The summed E-state index contributed by atoms with van der Waals surface area (Å²) in [5.41, 5.74) is 0. The van der Waals surface area contributed by atoms with Crippen molar-refractivity contribution < 1.29 is 4.79 Å². The Morgan fingerprint density at radius 3 is 2.29 bits per heavy atom. The van der Waals surface area contributed by atoms with Gasteiger partial charge in [0.2, 0.25) is 5.91 Å². The molecule has 3 rings (SSSR count). The van der Waals surface area contributed by atoms with Gasteiger partial charge < -0.3 is 10.2 Å². The highest BCUT2D eigenvalue weighted by molar-refractivity contribution is 5.80. The molecule has 1 amide bonds. The number of hydrogen-bond acceptors (Lipinski definition) is 2. The lowest BCUT2D eigenvalue weighted by Gasteiger charge is -2.22. The van der Waals surface area contributed by atoms with Crippen molar-refractivity contribution in [2.45, 2.75) is 32.6 Å². The number of hydrogen-bond donors (Lipinski definition) is 1. The van der Waals surface area contributed by atoms with Gasteiger partial charge in [-0.3, -0.25) is 4.79 Å². The van der Waals surface area contributed by atoms with Gasteiger partial charge in [0.15, 0.2) is 0 Å². The summed E-state index contributed by atoms with van der Waals surface area (Å²) in [5.74, 6) is 2.83. The average molecular weight is 236 g/mol. The Morgan fingerprint density at radius 2 is 1.76 bits per heavy atom. The van der Waals surface area contributed by atoms with Crippen LogP contribution in [-0.2, 0) is 4.79 Å². The van der Waals surface area contributed by atoms with Gasteiger partial charge in [-0.2, -0.15) is 0 Å². The van der Waals surface area contributed by atoms with Gasteiger partial charge in [0.05, 0.1) is 5.92 Å². The standard InChI is InChI=1S/C14H24N2O/c1-10-6-15-7-13(10)14(17)16-8-11-4-2-3-5-12(11)9-16/h10-13,15H,2-9H2,1H3/t10-,11?,12?,13-/m1/s1. The minimum Gasteiger partial charge on any atom is -0.342 e. The number of carbonyl (C=O) groups is 1. The number of rotatable bonds is 1. The van der Waals surface area contributed by atoms with Crippen molar-refractivity contribution in [2.24, 2.45) is 23.7 Å². The maximum Gasteiger partial charge on any atom is 0.227 e. The molecule has 1 aliphatic carbocycles. The first kappa shape index (κ1) is 11.5. The average Bonchev–Trinajstić information content (AvgIpc) is 2.93. The third-order valence-corrected chi connectivity index (χ3v) is 5.12. The zero-order chi connectivity index (χ0) is 11.8. The van der Waals surface area contributed by atoms with E-state index in [1.54, 1.807) is 0 Å². The molecule has 0 bridgehead atoms. The molecule has 96 valence electrons. The smallest absolute Gasteiger partial charge is 0.227 e. The van der Waals surface area contributed by atoms with Gasteiger partial charge >= 0.3 is 0 Å². The number of amides is 1. The van der Waals surface area contributed by atoms with Crippen LogP contribution in [0.15, 0.2) is 0 Å². The number of likely N-dealkylation sites (tertiary alicyclic amines) is 1. The molecule has 1 N–H and O–H groups in total. The van der Waals surface area contributed by atoms with E-state index in [0.29, 0.717) is 11.8 Å². The fraction of sp³-hybridized carbons (Fsp3) is 0.929. The van der Waals surface area contributed by atoms with Crippen molar-refractivity contribution >= 4 is 5.91 Å². The molecule has 0 aromatic rings. The summed E-state index contributed by atoms with van der Waals surface area (Å²) in [6.45, 7) is 6.20. The van der Waals surface area contributed by atoms with Crippen molar-refractivity contribution in [3.05, 3.63) is 0 Å². The summed E-state index contributed by atoms with van der Waals surface area (Å²) >= 11 is 0. The van der Waals surface area contributed by atoms with Gasteiger partial charge in [-0.05, 0) is 37.1 Å². The Morgan fingerprint density at radius 1 is 1.12 bits per heavy atom. The zero-order valence-electron chi connectivity index (χ0n) is 10.8. The van der Waals surface area contributed by atoms with E-state index < -0.39 is 0 Å². The molecule has 0 aromatic heterocycles. The molecule has 1 saturated carbocycles. The first-order chi connectivity index (χ1) is 8.25. The second kappa shape index (κ2) is 4.60. The lowest BCUT2D eigenvalue weighted by atomic mass is 9.82. The van der Waals surface area contributed by atoms with Crippen LogP contribution < -0.4 is 5.32 Å². The SMILES string of the molecule is C[C@@H]1CNC[C@H]1C(=O)N1CC2CCCCC2C1. The molecule has 2 saturated heterocycles. The number of fused-ring (bicyclic) bond motifs is 1. The second-order valence-corrected chi connectivity index (χ2v) is 6.29. The Hall–Kier alpha value is -0.570. The van der Waals surface area contributed by atoms with Gasteiger partial charge in [-0.25, -0.2) is 0 Å². The molecule has 3 heteroatoms. The highest BCUT2D eigenvalue weighted by atomic mass is 16.2. The highest BCUT2D eigenvalue weighted by Gasteiger charge is 2.40. The molecule has 2 unspecified atom stereocenters. The van der Waals surface area contributed by atoms with Crippen LogP contribution in [-0.4, -0.2) is 37.0 Å². The summed E-state index contributed by atoms with van der Waals surface area (Å²) in [6, 6.07) is 0. The summed E-state index contributed by atoms with van der Waals surface area (Å²) in [6.07, 6.45) is 5.47. The second-order valence-electron chi connectivity index (χ2n) is 6.29. The number of nitrogens with one attached hydrogen (secondary N) is 1. The predicted octanol–water partition coefficient (Wildman–Crippen LogP) is 1.49. The van der Waals surface area contributed by atoms with Gasteiger partial charge in [0.25, 0.3) is 0 Å². The molecule has 4 atom stereocenters. The molecule has 2 heterocycles. The summed E-state index contributed by atoms with van der Waals surface area (Å²) in [4.78, 5) is 14.7. The van der Waals surface area contributed by atoms with Crippen LogP contribution in [0.3, 0.4) is 0 Å². The van der Waals surface area contributed by atoms with E-state index in [9.17, 15) is 4.79 Å². The summed E-state index contributed by atoms with van der Waals surface area (Å²) < 4.78 is 0. The molecule has 0 spiro atoms. The Bertz CT molecular complexity index is 291.